The predicted octanol–water partition coefficient (Wildman–Crippen LogP) is 3.10. The van der Waals surface area contributed by atoms with Gasteiger partial charge in [-0.15, -0.1) is 24.0 Å². The molecule has 1 amide bonds. The molecule has 0 aliphatic carbocycles. The number of hydrogen-bond acceptors (Lipinski definition) is 2. The number of piperidine rings is 1. The number of hydrogen-bond donors (Lipinski definition) is 2. The van der Waals surface area contributed by atoms with Gasteiger partial charge in [-0.3, -0.25) is 9.79 Å². The Kier molecular flexibility index (Phi) is 9.65. The van der Waals surface area contributed by atoms with Gasteiger partial charge in [0.1, 0.15) is 0 Å². The molecule has 24 heavy (non-hydrogen) atoms. The molecule has 1 unspecified atom stereocenters. The second-order valence-corrected chi connectivity index (χ2v) is 6.85. The number of aliphatic imine (C=N–C) groups is 1. The van der Waals surface area contributed by atoms with Crippen molar-refractivity contribution in [2.45, 2.75) is 19.8 Å². The molecule has 134 valence electrons. The number of halogens is 2. The van der Waals surface area contributed by atoms with Gasteiger partial charge in [0, 0.05) is 43.3 Å². The normalized spacial score (nSPS) is 17.9. The molecule has 1 atom stereocenters. The smallest absolute Gasteiger partial charge is 0.251 e. The minimum absolute atomic E-state index is 0. The highest BCUT2D eigenvalue weighted by Gasteiger charge is 2.18. The molecule has 1 aromatic carbocycles. The third kappa shape index (κ3) is 6.58. The molecule has 2 N–H and O–H groups in total. The van der Waals surface area contributed by atoms with Crippen molar-refractivity contribution in [3.05, 3.63) is 34.3 Å². The van der Waals surface area contributed by atoms with E-state index in [1.165, 1.54) is 12.8 Å². The van der Waals surface area contributed by atoms with E-state index in [-0.39, 0.29) is 29.9 Å². The SMILES string of the molecule is CN=C(NCCNC(=O)c1ccc(Br)cc1)N1CCCC(C)C1.I. The fourth-order valence-electron chi connectivity index (χ4n) is 2.77. The van der Waals surface area contributed by atoms with E-state index in [2.05, 4.69) is 43.4 Å². The van der Waals surface area contributed by atoms with Gasteiger partial charge in [-0.1, -0.05) is 22.9 Å². The Morgan fingerprint density at radius 1 is 1.29 bits per heavy atom. The van der Waals surface area contributed by atoms with Gasteiger partial charge in [0.25, 0.3) is 5.91 Å². The van der Waals surface area contributed by atoms with Crippen molar-refractivity contribution in [2.75, 3.05) is 33.2 Å². The average Bonchev–Trinajstić information content (AvgIpc) is 2.55. The summed E-state index contributed by atoms with van der Waals surface area (Å²) >= 11 is 3.36. The zero-order chi connectivity index (χ0) is 16.7. The molecule has 1 saturated heterocycles. The lowest BCUT2D eigenvalue weighted by atomic mass is 10.0. The highest BCUT2D eigenvalue weighted by Crippen LogP contribution is 2.15. The summed E-state index contributed by atoms with van der Waals surface area (Å²) in [5.41, 5.74) is 0.669. The molecule has 1 heterocycles. The van der Waals surface area contributed by atoms with Crippen LogP contribution in [0.25, 0.3) is 0 Å². The standard InChI is InChI=1S/C17H25BrN4O.HI/c1-13-4-3-11-22(12-13)17(19-2)21-10-9-20-16(23)14-5-7-15(18)8-6-14;/h5-8,13H,3-4,9-12H2,1-2H3,(H,19,21)(H,20,23);1H. The number of carbonyl (C=O) groups excluding carboxylic acids is 1. The van der Waals surface area contributed by atoms with E-state index < -0.39 is 0 Å². The average molecular weight is 509 g/mol. The first kappa shape index (κ1) is 21.2. The molecule has 0 aromatic heterocycles. The third-order valence-electron chi connectivity index (χ3n) is 3.97. The van der Waals surface area contributed by atoms with E-state index in [0.29, 0.717) is 24.6 Å². The van der Waals surface area contributed by atoms with Crippen LogP contribution in [0.5, 0.6) is 0 Å². The first-order valence-corrected chi connectivity index (χ1v) is 8.89. The Morgan fingerprint density at radius 2 is 1.96 bits per heavy atom. The Bertz CT molecular complexity index is 550. The van der Waals surface area contributed by atoms with Crippen molar-refractivity contribution in [1.82, 2.24) is 15.5 Å². The summed E-state index contributed by atoms with van der Waals surface area (Å²) in [6, 6.07) is 7.35. The maximum Gasteiger partial charge on any atom is 0.251 e. The quantitative estimate of drug-likeness (QED) is 0.284. The molecule has 5 nitrogen and oxygen atoms in total. The van der Waals surface area contributed by atoms with Crippen LogP contribution < -0.4 is 10.6 Å². The summed E-state index contributed by atoms with van der Waals surface area (Å²) in [6.07, 6.45) is 2.50. The van der Waals surface area contributed by atoms with Gasteiger partial charge in [-0.25, -0.2) is 0 Å². The molecule has 1 aliphatic heterocycles. The van der Waals surface area contributed by atoms with E-state index in [4.69, 9.17) is 0 Å². The largest absolute Gasteiger partial charge is 0.354 e. The van der Waals surface area contributed by atoms with E-state index in [9.17, 15) is 4.79 Å². The van der Waals surface area contributed by atoms with Crippen molar-refractivity contribution < 1.29 is 4.79 Å². The maximum atomic E-state index is 12.0. The molecule has 1 aromatic rings. The minimum atomic E-state index is -0.0547. The van der Waals surface area contributed by atoms with Crippen molar-refractivity contribution in [3.63, 3.8) is 0 Å². The molecule has 1 fully saturated rings. The monoisotopic (exact) mass is 508 g/mol. The van der Waals surface area contributed by atoms with Crippen molar-refractivity contribution >= 4 is 51.8 Å². The molecule has 1 aliphatic rings. The third-order valence-corrected chi connectivity index (χ3v) is 4.50. The van der Waals surface area contributed by atoms with Crippen LogP contribution in [0.2, 0.25) is 0 Å². The first-order chi connectivity index (χ1) is 11.1. The lowest BCUT2D eigenvalue weighted by Crippen LogP contribution is -2.47. The first-order valence-electron chi connectivity index (χ1n) is 8.09. The number of carbonyl (C=O) groups is 1. The molecule has 0 spiro atoms. The van der Waals surface area contributed by atoms with Crippen LogP contribution in [0.1, 0.15) is 30.1 Å². The Balaban J connectivity index is 0.00000288. The molecule has 2 rings (SSSR count). The van der Waals surface area contributed by atoms with Crippen LogP contribution in [-0.4, -0.2) is 50.0 Å². The van der Waals surface area contributed by atoms with Gasteiger partial charge >= 0.3 is 0 Å². The van der Waals surface area contributed by atoms with Gasteiger partial charge in [-0.05, 0) is 43.0 Å². The Hall–Kier alpha value is -0.830. The summed E-state index contributed by atoms with van der Waals surface area (Å²) in [4.78, 5) is 18.7. The van der Waals surface area contributed by atoms with Gasteiger partial charge in [0.2, 0.25) is 0 Å². The second kappa shape index (κ2) is 10.9. The van der Waals surface area contributed by atoms with Crippen molar-refractivity contribution in [2.24, 2.45) is 10.9 Å². The summed E-state index contributed by atoms with van der Waals surface area (Å²) in [5, 5.41) is 6.25. The van der Waals surface area contributed by atoms with Crippen LogP contribution in [-0.2, 0) is 0 Å². The summed E-state index contributed by atoms with van der Waals surface area (Å²) < 4.78 is 0.968. The molecular formula is C17H26BrIN4O. The number of guanidine groups is 1. The van der Waals surface area contributed by atoms with Gasteiger partial charge in [0.05, 0.1) is 0 Å². The number of nitrogens with one attached hydrogen (secondary N) is 2. The highest BCUT2D eigenvalue weighted by atomic mass is 127. The molecule has 0 saturated carbocycles. The van der Waals surface area contributed by atoms with E-state index in [1.54, 1.807) is 12.1 Å². The van der Waals surface area contributed by atoms with Crippen LogP contribution in [0.3, 0.4) is 0 Å². The van der Waals surface area contributed by atoms with Gasteiger partial charge < -0.3 is 15.5 Å². The summed E-state index contributed by atoms with van der Waals surface area (Å²) in [7, 11) is 1.81. The van der Waals surface area contributed by atoms with Crippen LogP contribution in [0.4, 0.5) is 0 Å². The number of nitrogens with zero attached hydrogens (tertiary/aromatic N) is 2. The fourth-order valence-corrected chi connectivity index (χ4v) is 3.03. The molecule has 0 bridgehead atoms. The van der Waals surface area contributed by atoms with Crippen LogP contribution in [0.15, 0.2) is 33.7 Å². The molecular weight excluding hydrogens is 483 g/mol. The fraction of sp³-hybridized carbons (Fsp3) is 0.529. The van der Waals surface area contributed by atoms with E-state index in [1.807, 2.05) is 19.2 Å². The van der Waals surface area contributed by atoms with Crippen molar-refractivity contribution in [1.29, 1.82) is 0 Å². The zero-order valence-corrected chi connectivity index (χ0v) is 18.1. The lowest BCUT2D eigenvalue weighted by molar-refractivity contribution is 0.0954. The topological polar surface area (TPSA) is 56.7 Å². The van der Waals surface area contributed by atoms with Crippen LogP contribution in [0, 0.1) is 5.92 Å². The second-order valence-electron chi connectivity index (χ2n) is 5.93. The molecule has 7 heteroatoms. The number of rotatable bonds is 4. The van der Waals surface area contributed by atoms with Gasteiger partial charge in [0.15, 0.2) is 5.96 Å². The summed E-state index contributed by atoms with van der Waals surface area (Å²) in [5.74, 6) is 1.58. The predicted molar refractivity (Wildman–Crippen MR) is 113 cm³/mol. The Morgan fingerprint density at radius 3 is 2.58 bits per heavy atom. The zero-order valence-electron chi connectivity index (χ0n) is 14.2. The Labute approximate surface area is 169 Å². The van der Waals surface area contributed by atoms with Gasteiger partial charge in [-0.2, -0.15) is 0 Å². The number of amides is 1. The van der Waals surface area contributed by atoms with E-state index in [0.717, 1.165) is 23.5 Å². The van der Waals surface area contributed by atoms with Crippen LogP contribution >= 0.6 is 39.9 Å². The highest BCUT2D eigenvalue weighted by molar-refractivity contribution is 14.0. The number of benzene rings is 1. The maximum absolute atomic E-state index is 12.0. The van der Waals surface area contributed by atoms with E-state index >= 15 is 0 Å². The molecule has 0 radical (unpaired) electrons. The summed E-state index contributed by atoms with van der Waals surface area (Å²) in [6.45, 7) is 5.61. The number of likely N-dealkylation sites (tertiary alicyclic amines) is 1. The minimum Gasteiger partial charge on any atom is -0.354 e. The lowest BCUT2D eigenvalue weighted by Gasteiger charge is -2.33. The van der Waals surface area contributed by atoms with Crippen molar-refractivity contribution in [3.8, 4) is 0 Å².